The van der Waals surface area contributed by atoms with E-state index in [-0.39, 0.29) is 12.2 Å². The first-order valence-corrected chi connectivity index (χ1v) is 7.97. The second-order valence-corrected chi connectivity index (χ2v) is 6.17. The second kappa shape index (κ2) is 7.06. The molecule has 1 amide bonds. The average molecular weight is 411 g/mol. The van der Waals surface area contributed by atoms with Crippen LogP contribution in [0.2, 0.25) is 5.02 Å². The third-order valence-electron chi connectivity index (χ3n) is 3.05. The van der Waals surface area contributed by atoms with E-state index in [1.807, 2.05) is 0 Å². The average Bonchev–Trinajstić information content (AvgIpc) is 2.99. The summed E-state index contributed by atoms with van der Waals surface area (Å²) in [4.78, 5) is 13.1. The van der Waals surface area contributed by atoms with Gasteiger partial charge < -0.3 is 5.32 Å². The molecule has 24 heavy (non-hydrogen) atoms. The number of carbonyl (C=O) groups is 1. The Labute approximate surface area is 149 Å². The molecule has 0 spiro atoms. The Morgan fingerprint density at radius 3 is 2.71 bits per heavy atom. The van der Waals surface area contributed by atoms with Crippen LogP contribution in [0.15, 0.2) is 46.9 Å². The fraction of sp³-hybridized carbons (Fsp3) is 0.0667. The van der Waals surface area contributed by atoms with Crippen LogP contribution in [0.4, 0.5) is 10.1 Å². The van der Waals surface area contributed by atoms with Crippen molar-refractivity contribution >= 4 is 39.1 Å². The molecule has 3 rings (SSSR count). The summed E-state index contributed by atoms with van der Waals surface area (Å²) in [6, 6.07) is 11.3. The number of carbonyl (C=O) groups excluding carboxylic acids is 1. The highest BCUT2D eigenvalue weighted by Crippen LogP contribution is 2.19. The number of hydrogen-bond donors (Lipinski definition) is 1. The van der Waals surface area contributed by atoms with Gasteiger partial charge in [-0.05, 0) is 47.7 Å². The zero-order valence-corrected chi connectivity index (χ0v) is 14.4. The summed E-state index contributed by atoms with van der Waals surface area (Å²) in [5, 5.41) is 14.9. The van der Waals surface area contributed by atoms with Crippen molar-refractivity contribution in [2.24, 2.45) is 0 Å². The molecular weight excluding hydrogens is 401 g/mol. The summed E-state index contributed by atoms with van der Waals surface area (Å²) in [6.45, 7) is -0.184. The number of rotatable bonds is 4. The smallest absolute Gasteiger partial charge is 0.248 e. The van der Waals surface area contributed by atoms with E-state index in [0.29, 0.717) is 15.3 Å². The van der Waals surface area contributed by atoms with Gasteiger partial charge in [-0.25, -0.2) is 4.39 Å². The summed E-state index contributed by atoms with van der Waals surface area (Å²) in [6.07, 6.45) is 0. The van der Waals surface area contributed by atoms with Crippen LogP contribution < -0.4 is 5.32 Å². The predicted octanol–water partition coefficient (Wildman–Crippen LogP) is 3.53. The fourth-order valence-corrected chi connectivity index (χ4v) is 2.39. The number of tetrazole rings is 1. The van der Waals surface area contributed by atoms with Crippen LogP contribution in [0.3, 0.4) is 0 Å². The number of aromatic nitrogens is 4. The van der Waals surface area contributed by atoms with Crippen molar-refractivity contribution in [1.29, 1.82) is 0 Å². The highest BCUT2D eigenvalue weighted by molar-refractivity contribution is 9.10. The maximum Gasteiger partial charge on any atom is 0.248 e. The lowest BCUT2D eigenvalue weighted by Gasteiger charge is -2.05. The number of benzene rings is 2. The topological polar surface area (TPSA) is 72.7 Å². The maximum atomic E-state index is 13.7. The summed E-state index contributed by atoms with van der Waals surface area (Å²) in [7, 11) is 0. The van der Waals surface area contributed by atoms with Crippen LogP contribution >= 0.6 is 27.5 Å². The van der Waals surface area contributed by atoms with Gasteiger partial charge in [-0.15, -0.1) is 10.2 Å². The van der Waals surface area contributed by atoms with Gasteiger partial charge in [0.2, 0.25) is 11.7 Å². The predicted molar refractivity (Wildman–Crippen MR) is 91.0 cm³/mol. The zero-order valence-electron chi connectivity index (χ0n) is 12.1. The Balaban J connectivity index is 1.68. The quantitative estimate of drug-likeness (QED) is 0.714. The molecule has 6 nitrogen and oxygen atoms in total. The number of nitrogens with one attached hydrogen (secondary N) is 1. The van der Waals surface area contributed by atoms with Crippen LogP contribution in [-0.4, -0.2) is 26.1 Å². The SMILES string of the molecule is O=C(Cn1nnc(-c2ccc(Cl)cc2)n1)Nc1ccc(Br)cc1F. The molecule has 1 N–H and O–H groups in total. The monoisotopic (exact) mass is 409 g/mol. The number of anilines is 1. The van der Waals surface area contributed by atoms with Crippen molar-refractivity contribution in [3.8, 4) is 11.4 Å². The summed E-state index contributed by atoms with van der Waals surface area (Å²) < 4.78 is 14.3. The third kappa shape index (κ3) is 3.95. The van der Waals surface area contributed by atoms with Crippen LogP contribution in [0.1, 0.15) is 0 Å². The molecular formula is C15H10BrClFN5O. The van der Waals surface area contributed by atoms with Gasteiger partial charge in [0, 0.05) is 15.1 Å². The lowest BCUT2D eigenvalue weighted by molar-refractivity contribution is -0.117. The Bertz CT molecular complexity index is 884. The molecule has 0 unspecified atom stereocenters. The molecule has 0 aliphatic rings. The van der Waals surface area contributed by atoms with Gasteiger partial charge in [-0.2, -0.15) is 4.80 Å². The minimum absolute atomic E-state index is 0.0845. The van der Waals surface area contributed by atoms with Gasteiger partial charge in [-0.1, -0.05) is 27.5 Å². The largest absolute Gasteiger partial charge is 0.322 e. The summed E-state index contributed by atoms with van der Waals surface area (Å²) in [5.74, 6) is -0.628. The Hall–Kier alpha value is -2.32. The molecule has 2 aromatic carbocycles. The van der Waals surface area contributed by atoms with E-state index in [1.165, 1.54) is 12.1 Å². The normalized spacial score (nSPS) is 10.6. The van der Waals surface area contributed by atoms with Crippen LogP contribution in [-0.2, 0) is 11.3 Å². The van der Waals surface area contributed by atoms with Crippen molar-refractivity contribution < 1.29 is 9.18 Å². The first-order chi connectivity index (χ1) is 11.5. The molecule has 1 aromatic heterocycles. The van der Waals surface area contributed by atoms with Gasteiger partial charge in [0.25, 0.3) is 0 Å². The Morgan fingerprint density at radius 1 is 1.25 bits per heavy atom. The molecule has 0 aliphatic carbocycles. The van der Waals surface area contributed by atoms with E-state index in [0.717, 1.165) is 10.4 Å². The second-order valence-electron chi connectivity index (χ2n) is 4.82. The minimum atomic E-state index is -0.536. The number of hydrogen-bond acceptors (Lipinski definition) is 4. The first-order valence-electron chi connectivity index (χ1n) is 6.80. The third-order valence-corrected chi connectivity index (χ3v) is 3.79. The number of nitrogens with zero attached hydrogens (tertiary/aromatic N) is 4. The van der Waals surface area contributed by atoms with Gasteiger partial charge in [0.15, 0.2) is 0 Å². The van der Waals surface area contributed by atoms with E-state index in [1.54, 1.807) is 30.3 Å². The van der Waals surface area contributed by atoms with E-state index >= 15 is 0 Å². The Kier molecular flexibility index (Phi) is 4.86. The van der Waals surface area contributed by atoms with E-state index in [4.69, 9.17) is 11.6 Å². The molecule has 0 bridgehead atoms. The maximum absolute atomic E-state index is 13.7. The molecule has 3 aromatic rings. The highest BCUT2D eigenvalue weighted by Gasteiger charge is 2.11. The molecule has 0 aliphatic heterocycles. The van der Waals surface area contributed by atoms with Crippen molar-refractivity contribution in [3.63, 3.8) is 0 Å². The molecule has 122 valence electrons. The van der Waals surface area contributed by atoms with Crippen LogP contribution in [0.5, 0.6) is 0 Å². The molecule has 0 saturated carbocycles. The van der Waals surface area contributed by atoms with Crippen LogP contribution in [0.25, 0.3) is 11.4 Å². The summed E-state index contributed by atoms with van der Waals surface area (Å²) in [5.41, 5.74) is 0.811. The van der Waals surface area contributed by atoms with E-state index in [2.05, 4.69) is 36.7 Å². The zero-order chi connectivity index (χ0) is 17.1. The van der Waals surface area contributed by atoms with E-state index in [9.17, 15) is 9.18 Å². The number of halogens is 3. The number of amides is 1. The molecule has 0 fully saturated rings. The first kappa shape index (κ1) is 16.5. The summed E-state index contributed by atoms with van der Waals surface area (Å²) >= 11 is 8.98. The van der Waals surface area contributed by atoms with Crippen molar-refractivity contribution in [3.05, 3.63) is 57.8 Å². The minimum Gasteiger partial charge on any atom is -0.322 e. The van der Waals surface area contributed by atoms with Crippen molar-refractivity contribution in [2.75, 3.05) is 5.32 Å². The molecule has 9 heteroatoms. The lowest BCUT2D eigenvalue weighted by Crippen LogP contribution is -2.21. The molecule has 1 heterocycles. The van der Waals surface area contributed by atoms with Gasteiger partial charge in [-0.3, -0.25) is 4.79 Å². The van der Waals surface area contributed by atoms with Gasteiger partial charge in [0.05, 0.1) is 5.69 Å². The fourth-order valence-electron chi connectivity index (χ4n) is 1.93. The lowest BCUT2D eigenvalue weighted by atomic mass is 10.2. The van der Waals surface area contributed by atoms with Gasteiger partial charge in [0.1, 0.15) is 12.4 Å². The highest BCUT2D eigenvalue weighted by atomic mass is 79.9. The molecule has 0 radical (unpaired) electrons. The molecule has 0 saturated heterocycles. The van der Waals surface area contributed by atoms with Crippen molar-refractivity contribution in [1.82, 2.24) is 20.2 Å². The Morgan fingerprint density at radius 2 is 2.00 bits per heavy atom. The molecule has 0 atom stereocenters. The van der Waals surface area contributed by atoms with Gasteiger partial charge >= 0.3 is 0 Å². The standard InChI is InChI=1S/C15H10BrClFN5O/c16-10-3-6-13(12(18)7-10)19-14(24)8-23-21-15(20-22-23)9-1-4-11(17)5-2-9/h1-7H,8H2,(H,19,24). The van der Waals surface area contributed by atoms with E-state index < -0.39 is 11.7 Å². The van der Waals surface area contributed by atoms with Crippen molar-refractivity contribution in [2.45, 2.75) is 6.54 Å². The van der Waals surface area contributed by atoms with Crippen LogP contribution in [0, 0.1) is 5.82 Å².